The molecule has 0 nitrogen and oxygen atoms in total. The maximum atomic E-state index is 3.79. The highest BCUT2D eigenvalue weighted by molar-refractivity contribution is 14.1. The summed E-state index contributed by atoms with van der Waals surface area (Å²) in [6.45, 7) is 5.99. The third-order valence-corrected chi connectivity index (χ3v) is 4.99. The third-order valence-electron chi connectivity index (χ3n) is 3.65. The molecule has 0 saturated heterocycles. The topological polar surface area (TPSA) is 0 Å². The Morgan fingerprint density at radius 3 is 2.15 bits per heavy atom. The molecule has 0 aliphatic carbocycles. The Labute approximate surface area is 136 Å². The van der Waals surface area contributed by atoms with Gasteiger partial charge in [0, 0.05) is 3.92 Å². The molecule has 0 amide bonds. The van der Waals surface area contributed by atoms with Crippen LogP contribution in [0.1, 0.15) is 39.5 Å². The predicted octanol–water partition coefficient (Wildman–Crippen LogP) is 6.00. The molecule has 0 radical (unpaired) electrons. The molecule has 2 aromatic carbocycles. The summed E-state index contributed by atoms with van der Waals surface area (Å²) in [6, 6.07) is 17.7. The first kappa shape index (κ1) is 15.3. The van der Waals surface area contributed by atoms with Crippen molar-refractivity contribution in [1.29, 1.82) is 0 Å². The van der Waals surface area contributed by atoms with Crippen molar-refractivity contribution >= 4 is 28.7 Å². The molecule has 2 rings (SSSR count). The Kier molecular flexibility index (Phi) is 5.84. The van der Waals surface area contributed by atoms with E-state index in [1.165, 1.54) is 28.7 Å². The number of hydrogen-bond acceptors (Lipinski definition) is 0. The Morgan fingerprint density at radius 1 is 1.00 bits per heavy atom. The Bertz CT molecular complexity index is 537. The summed E-state index contributed by atoms with van der Waals surface area (Å²) in [4.78, 5) is 0. The molecule has 0 heterocycles. The van der Waals surface area contributed by atoms with E-state index in [0.717, 1.165) is 12.8 Å². The quantitative estimate of drug-likeness (QED) is 0.428. The highest BCUT2D eigenvalue weighted by Gasteiger charge is 2.07. The van der Waals surface area contributed by atoms with Crippen molar-refractivity contribution in [3.8, 4) is 0 Å². The zero-order chi connectivity index (χ0) is 14.4. The number of alkyl halides is 1. The lowest BCUT2D eigenvalue weighted by Gasteiger charge is -2.11. The molecule has 1 atom stereocenters. The summed E-state index contributed by atoms with van der Waals surface area (Å²) in [5.74, 6) is 0. The van der Waals surface area contributed by atoms with Gasteiger partial charge in [0.2, 0.25) is 0 Å². The van der Waals surface area contributed by atoms with E-state index in [1.54, 1.807) is 0 Å². The fourth-order valence-electron chi connectivity index (χ4n) is 2.24. The number of rotatable bonds is 6. The summed E-state index contributed by atoms with van der Waals surface area (Å²) in [6.07, 6.45) is 5.31. The Morgan fingerprint density at radius 2 is 1.60 bits per heavy atom. The van der Waals surface area contributed by atoms with Gasteiger partial charge in [-0.05, 0) is 41.5 Å². The number of hydrogen-bond donors (Lipinski definition) is 0. The van der Waals surface area contributed by atoms with Gasteiger partial charge in [0.05, 0.1) is 0 Å². The van der Waals surface area contributed by atoms with Crippen LogP contribution in [0.3, 0.4) is 0 Å². The van der Waals surface area contributed by atoms with Crippen LogP contribution in [-0.4, -0.2) is 0 Å². The van der Waals surface area contributed by atoms with E-state index in [9.17, 15) is 0 Å². The van der Waals surface area contributed by atoms with E-state index < -0.39 is 0 Å². The van der Waals surface area contributed by atoms with Crippen molar-refractivity contribution in [3.05, 3.63) is 77.4 Å². The second-order valence-electron chi connectivity index (χ2n) is 5.05. The fourth-order valence-corrected chi connectivity index (χ4v) is 2.97. The molecule has 0 saturated carbocycles. The van der Waals surface area contributed by atoms with Crippen LogP contribution in [0.5, 0.6) is 0 Å². The largest absolute Gasteiger partial charge is 0.0985 e. The van der Waals surface area contributed by atoms with Crippen molar-refractivity contribution in [1.82, 2.24) is 0 Å². The van der Waals surface area contributed by atoms with E-state index in [1.807, 2.05) is 6.08 Å². The third kappa shape index (κ3) is 4.20. The van der Waals surface area contributed by atoms with E-state index >= 15 is 0 Å². The van der Waals surface area contributed by atoms with Crippen molar-refractivity contribution < 1.29 is 0 Å². The van der Waals surface area contributed by atoms with Gasteiger partial charge in [-0.2, -0.15) is 0 Å². The zero-order valence-electron chi connectivity index (χ0n) is 12.0. The van der Waals surface area contributed by atoms with Crippen LogP contribution in [-0.2, 0) is 12.8 Å². The van der Waals surface area contributed by atoms with E-state index in [2.05, 4.69) is 84.6 Å². The SMILES string of the molecule is C=Cc1ccc(CCC(I)c2ccc(CC)cc2)cc1. The van der Waals surface area contributed by atoms with Crippen LogP contribution in [0.25, 0.3) is 6.08 Å². The summed E-state index contributed by atoms with van der Waals surface area (Å²) in [5, 5.41) is 0. The lowest BCUT2D eigenvalue weighted by atomic mass is 10.0. The minimum atomic E-state index is 0.581. The molecule has 0 N–H and O–H groups in total. The van der Waals surface area contributed by atoms with Crippen molar-refractivity contribution in [2.45, 2.75) is 30.1 Å². The van der Waals surface area contributed by atoms with Crippen LogP contribution in [0, 0.1) is 0 Å². The van der Waals surface area contributed by atoms with Gasteiger partial charge in [0.1, 0.15) is 0 Å². The second-order valence-corrected chi connectivity index (χ2v) is 6.55. The lowest BCUT2D eigenvalue weighted by molar-refractivity contribution is 0.824. The minimum Gasteiger partial charge on any atom is -0.0985 e. The van der Waals surface area contributed by atoms with E-state index in [4.69, 9.17) is 0 Å². The number of halogens is 1. The zero-order valence-corrected chi connectivity index (χ0v) is 14.1. The van der Waals surface area contributed by atoms with Crippen LogP contribution in [0.15, 0.2) is 55.1 Å². The smallest absolute Gasteiger partial charge is 0.0362 e. The first-order valence-corrected chi connectivity index (χ1v) is 8.41. The molecule has 0 bridgehead atoms. The molecular weight excluding hydrogens is 355 g/mol. The first-order valence-electron chi connectivity index (χ1n) is 7.17. The summed E-state index contributed by atoms with van der Waals surface area (Å²) >= 11 is 2.56. The lowest BCUT2D eigenvalue weighted by Crippen LogP contribution is -1.94. The molecule has 0 spiro atoms. The molecule has 0 aliphatic heterocycles. The van der Waals surface area contributed by atoms with Crippen LogP contribution in [0.4, 0.5) is 0 Å². The van der Waals surface area contributed by atoms with Gasteiger partial charge in [-0.15, -0.1) is 0 Å². The molecule has 0 fully saturated rings. The molecule has 0 aliphatic rings. The number of aryl methyl sites for hydroxylation is 2. The summed E-state index contributed by atoms with van der Waals surface area (Å²) in [5.41, 5.74) is 5.44. The van der Waals surface area contributed by atoms with E-state index in [0.29, 0.717) is 3.92 Å². The van der Waals surface area contributed by atoms with Gasteiger partial charge < -0.3 is 0 Å². The Balaban J connectivity index is 1.93. The Hall–Kier alpha value is -1.09. The standard InChI is InChI=1S/C19H21I/c1-3-15-5-7-17(8-6-15)11-14-19(20)18-12-9-16(4-2)10-13-18/h3,5-10,12-13,19H,1,4,11,14H2,2H3. The number of benzene rings is 2. The normalized spacial score (nSPS) is 12.1. The maximum absolute atomic E-state index is 3.79. The summed E-state index contributed by atoms with van der Waals surface area (Å²) in [7, 11) is 0. The van der Waals surface area contributed by atoms with Gasteiger partial charge in [-0.1, -0.05) is 90.7 Å². The fraction of sp³-hybridized carbons (Fsp3) is 0.263. The average molecular weight is 376 g/mol. The second kappa shape index (κ2) is 7.63. The highest BCUT2D eigenvalue weighted by Crippen LogP contribution is 2.28. The maximum Gasteiger partial charge on any atom is 0.0362 e. The molecule has 1 heteroatoms. The molecular formula is C19H21I. The monoisotopic (exact) mass is 376 g/mol. The van der Waals surface area contributed by atoms with Gasteiger partial charge in [0.25, 0.3) is 0 Å². The molecule has 1 unspecified atom stereocenters. The van der Waals surface area contributed by atoms with Gasteiger partial charge >= 0.3 is 0 Å². The van der Waals surface area contributed by atoms with Crippen molar-refractivity contribution in [2.24, 2.45) is 0 Å². The minimum absolute atomic E-state index is 0.581. The van der Waals surface area contributed by atoms with Crippen molar-refractivity contribution in [2.75, 3.05) is 0 Å². The van der Waals surface area contributed by atoms with Gasteiger partial charge in [-0.3, -0.25) is 0 Å². The summed E-state index contributed by atoms with van der Waals surface area (Å²) < 4.78 is 0.581. The predicted molar refractivity (Wildman–Crippen MR) is 97.4 cm³/mol. The molecule has 104 valence electrons. The van der Waals surface area contributed by atoms with Crippen LogP contribution < -0.4 is 0 Å². The van der Waals surface area contributed by atoms with Crippen molar-refractivity contribution in [3.63, 3.8) is 0 Å². The van der Waals surface area contributed by atoms with Gasteiger partial charge in [-0.25, -0.2) is 0 Å². The molecule has 0 aromatic heterocycles. The first-order chi connectivity index (χ1) is 9.72. The van der Waals surface area contributed by atoms with Gasteiger partial charge in [0.15, 0.2) is 0 Å². The average Bonchev–Trinajstić information content (AvgIpc) is 2.53. The van der Waals surface area contributed by atoms with E-state index in [-0.39, 0.29) is 0 Å². The molecule has 2 aromatic rings. The molecule has 20 heavy (non-hydrogen) atoms. The van der Waals surface area contributed by atoms with Crippen LogP contribution in [0.2, 0.25) is 0 Å². The van der Waals surface area contributed by atoms with Crippen LogP contribution >= 0.6 is 22.6 Å². The highest BCUT2D eigenvalue weighted by atomic mass is 127.